The Bertz CT molecular complexity index is 168. The number of carbonyl (C=O) groups excluding carboxylic acids is 2. The lowest BCUT2D eigenvalue weighted by Crippen LogP contribution is -2.37. The minimum atomic E-state index is -0.931. The zero-order valence-electron chi connectivity index (χ0n) is 7.46. The van der Waals surface area contributed by atoms with Gasteiger partial charge >= 0.3 is 11.8 Å². The Balaban J connectivity index is 3.32. The normalized spacial score (nSPS) is 9.92. The molecule has 0 saturated heterocycles. The first-order chi connectivity index (χ1) is 5.54. The van der Waals surface area contributed by atoms with Crippen molar-refractivity contribution in [1.82, 2.24) is 10.2 Å². The molecule has 0 unspecified atom stereocenters. The van der Waals surface area contributed by atoms with Crippen molar-refractivity contribution in [2.45, 2.75) is 6.42 Å². The van der Waals surface area contributed by atoms with Gasteiger partial charge in [-0.25, -0.2) is 0 Å². The van der Waals surface area contributed by atoms with Crippen molar-refractivity contribution in [3.63, 3.8) is 0 Å². The second-order valence-electron chi connectivity index (χ2n) is 2.78. The molecule has 0 aromatic heterocycles. The van der Waals surface area contributed by atoms with E-state index in [1.54, 1.807) is 0 Å². The number of primary amides is 1. The van der Waals surface area contributed by atoms with Crippen molar-refractivity contribution < 1.29 is 9.59 Å². The maximum atomic E-state index is 10.6. The molecule has 0 bridgehead atoms. The van der Waals surface area contributed by atoms with E-state index in [0.29, 0.717) is 6.54 Å². The summed E-state index contributed by atoms with van der Waals surface area (Å²) in [6.07, 6.45) is 0.812. The van der Waals surface area contributed by atoms with E-state index in [-0.39, 0.29) is 0 Å². The molecule has 0 aliphatic carbocycles. The average Bonchev–Trinajstić information content (AvgIpc) is 1.97. The van der Waals surface area contributed by atoms with Gasteiger partial charge in [-0.2, -0.15) is 0 Å². The smallest absolute Gasteiger partial charge is 0.309 e. The minimum Gasteiger partial charge on any atom is -0.361 e. The Morgan fingerprint density at radius 3 is 2.42 bits per heavy atom. The first kappa shape index (κ1) is 10.9. The van der Waals surface area contributed by atoms with E-state index >= 15 is 0 Å². The Labute approximate surface area is 71.9 Å². The first-order valence-electron chi connectivity index (χ1n) is 3.76. The Morgan fingerprint density at radius 2 is 2.00 bits per heavy atom. The standard InChI is InChI=1S/C7H15N3O2/c1-10(2)5-3-4-9-7(12)6(8)11/h3-5H2,1-2H3,(H2,8,11)(H,9,12). The van der Waals surface area contributed by atoms with Crippen LogP contribution < -0.4 is 11.1 Å². The van der Waals surface area contributed by atoms with Crippen LogP contribution in [-0.4, -0.2) is 43.9 Å². The molecule has 0 atom stereocenters. The molecule has 5 heteroatoms. The van der Waals surface area contributed by atoms with Crippen LogP contribution in [0.2, 0.25) is 0 Å². The van der Waals surface area contributed by atoms with Crippen molar-refractivity contribution in [3.8, 4) is 0 Å². The zero-order chi connectivity index (χ0) is 9.56. The monoisotopic (exact) mass is 173 g/mol. The molecular weight excluding hydrogens is 158 g/mol. The summed E-state index contributed by atoms with van der Waals surface area (Å²) in [7, 11) is 3.88. The zero-order valence-corrected chi connectivity index (χ0v) is 7.46. The predicted octanol–water partition coefficient (Wildman–Crippen LogP) is -1.46. The third kappa shape index (κ3) is 5.67. The quantitative estimate of drug-likeness (QED) is 0.403. The molecule has 0 spiro atoms. The molecule has 0 aliphatic rings. The van der Waals surface area contributed by atoms with Crippen LogP contribution in [-0.2, 0) is 9.59 Å². The Morgan fingerprint density at radius 1 is 1.42 bits per heavy atom. The summed E-state index contributed by atoms with van der Waals surface area (Å²) in [6.45, 7) is 1.36. The number of nitrogens with zero attached hydrogens (tertiary/aromatic N) is 1. The summed E-state index contributed by atoms with van der Waals surface area (Å²) in [6, 6.07) is 0. The van der Waals surface area contributed by atoms with Crippen LogP contribution >= 0.6 is 0 Å². The van der Waals surface area contributed by atoms with Crippen LogP contribution in [0.15, 0.2) is 0 Å². The molecule has 2 amide bonds. The van der Waals surface area contributed by atoms with Gasteiger partial charge < -0.3 is 16.0 Å². The van der Waals surface area contributed by atoms with Crippen molar-refractivity contribution in [3.05, 3.63) is 0 Å². The van der Waals surface area contributed by atoms with Gasteiger partial charge in [-0.15, -0.1) is 0 Å². The lowest BCUT2D eigenvalue weighted by Gasteiger charge is -2.08. The largest absolute Gasteiger partial charge is 0.361 e. The number of carbonyl (C=O) groups is 2. The van der Waals surface area contributed by atoms with E-state index in [1.807, 2.05) is 19.0 Å². The molecule has 0 aliphatic heterocycles. The molecule has 0 aromatic carbocycles. The van der Waals surface area contributed by atoms with Gasteiger partial charge in [-0.1, -0.05) is 0 Å². The molecular formula is C7H15N3O2. The highest BCUT2D eigenvalue weighted by Gasteiger charge is 2.05. The highest BCUT2D eigenvalue weighted by atomic mass is 16.2. The Kier molecular flexibility index (Phi) is 5.03. The second kappa shape index (κ2) is 5.54. The molecule has 70 valence electrons. The van der Waals surface area contributed by atoms with Crippen LogP contribution in [0.25, 0.3) is 0 Å². The van der Waals surface area contributed by atoms with E-state index in [0.717, 1.165) is 13.0 Å². The van der Waals surface area contributed by atoms with E-state index in [4.69, 9.17) is 5.73 Å². The summed E-state index contributed by atoms with van der Waals surface area (Å²) in [5, 5.41) is 2.40. The number of nitrogens with one attached hydrogen (secondary N) is 1. The van der Waals surface area contributed by atoms with Crippen molar-refractivity contribution >= 4 is 11.8 Å². The number of hydrogen-bond acceptors (Lipinski definition) is 3. The number of hydrogen-bond donors (Lipinski definition) is 2. The third-order valence-electron chi connectivity index (χ3n) is 1.29. The van der Waals surface area contributed by atoms with Crippen molar-refractivity contribution in [2.24, 2.45) is 5.73 Å². The number of amides is 2. The van der Waals surface area contributed by atoms with Crippen LogP contribution in [0.1, 0.15) is 6.42 Å². The van der Waals surface area contributed by atoms with Crippen LogP contribution in [0.5, 0.6) is 0 Å². The number of rotatable bonds is 4. The van der Waals surface area contributed by atoms with Gasteiger partial charge in [0.15, 0.2) is 0 Å². The molecule has 0 heterocycles. The van der Waals surface area contributed by atoms with E-state index in [1.165, 1.54) is 0 Å². The Hall–Kier alpha value is -1.10. The number of nitrogens with two attached hydrogens (primary N) is 1. The van der Waals surface area contributed by atoms with Gasteiger partial charge in [-0.05, 0) is 27.1 Å². The van der Waals surface area contributed by atoms with Gasteiger partial charge in [0, 0.05) is 6.54 Å². The van der Waals surface area contributed by atoms with Crippen LogP contribution in [0, 0.1) is 0 Å². The van der Waals surface area contributed by atoms with E-state index in [9.17, 15) is 9.59 Å². The summed E-state index contributed by atoms with van der Waals surface area (Å²) < 4.78 is 0. The van der Waals surface area contributed by atoms with Gasteiger partial charge in [0.1, 0.15) is 0 Å². The fourth-order valence-electron chi connectivity index (χ4n) is 0.684. The third-order valence-corrected chi connectivity index (χ3v) is 1.29. The van der Waals surface area contributed by atoms with Gasteiger partial charge in [0.2, 0.25) is 0 Å². The highest BCUT2D eigenvalue weighted by molar-refractivity contribution is 6.34. The van der Waals surface area contributed by atoms with E-state index in [2.05, 4.69) is 5.32 Å². The topological polar surface area (TPSA) is 75.4 Å². The molecule has 12 heavy (non-hydrogen) atoms. The fraction of sp³-hybridized carbons (Fsp3) is 0.714. The maximum absolute atomic E-state index is 10.6. The highest BCUT2D eigenvalue weighted by Crippen LogP contribution is 1.80. The average molecular weight is 173 g/mol. The lowest BCUT2D eigenvalue weighted by atomic mass is 10.4. The van der Waals surface area contributed by atoms with Crippen LogP contribution in [0.4, 0.5) is 0 Å². The molecule has 0 saturated carbocycles. The lowest BCUT2D eigenvalue weighted by molar-refractivity contribution is -0.137. The van der Waals surface area contributed by atoms with Crippen molar-refractivity contribution in [2.75, 3.05) is 27.2 Å². The molecule has 5 nitrogen and oxygen atoms in total. The summed E-state index contributed by atoms with van der Waals surface area (Å²) in [5.41, 5.74) is 4.72. The van der Waals surface area contributed by atoms with Crippen molar-refractivity contribution in [1.29, 1.82) is 0 Å². The SMILES string of the molecule is CN(C)CCCNC(=O)C(N)=O. The molecule has 0 radical (unpaired) electrons. The maximum Gasteiger partial charge on any atom is 0.309 e. The fourth-order valence-corrected chi connectivity index (χ4v) is 0.684. The molecule has 0 aromatic rings. The van der Waals surface area contributed by atoms with Gasteiger partial charge in [0.05, 0.1) is 0 Å². The predicted molar refractivity (Wildman–Crippen MR) is 45.4 cm³/mol. The summed E-state index contributed by atoms with van der Waals surface area (Å²) in [4.78, 5) is 22.8. The molecule has 3 N–H and O–H groups in total. The summed E-state index contributed by atoms with van der Waals surface area (Å²) in [5.74, 6) is -1.64. The first-order valence-corrected chi connectivity index (χ1v) is 3.76. The van der Waals surface area contributed by atoms with Gasteiger partial charge in [-0.3, -0.25) is 9.59 Å². The van der Waals surface area contributed by atoms with E-state index < -0.39 is 11.8 Å². The molecule has 0 fully saturated rings. The van der Waals surface area contributed by atoms with Crippen LogP contribution in [0.3, 0.4) is 0 Å². The summed E-state index contributed by atoms with van der Waals surface area (Å²) >= 11 is 0. The minimum absolute atomic E-state index is 0.486. The van der Waals surface area contributed by atoms with Gasteiger partial charge in [0.25, 0.3) is 0 Å². The molecule has 0 rings (SSSR count). The second-order valence-corrected chi connectivity index (χ2v) is 2.78.